The molecular weight excluding hydrogens is 516 g/mol. The second-order valence-corrected chi connectivity index (χ2v) is 11.3. The molecule has 0 atom stereocenters. The van der Waals surface area contributed by atoms with Gasteiger partial charge in [0.05, 0.1) is 38.8 Å². The van der Waals surface area contributed by atoms with Crippen LogP contribution in [0.3, 0.4) is 0 Å². The SMILES string of the molecule is Cc1nn(-c2ccccc2)c(N2CCCC2)c1/C=N/OCC(=O)Nc1cc(S(=O)(=O)N(C)C)ccc1Cl. The van der Waals surface area contributed by atoms with Crippen LogP contribution in [0.2, 0.25) is 5.02 Å². The second kappa shape index (κ2) is 11.3. The lowest BCUT2D eigenvalue weighted by Gasteiger charge is -2.20. The van der Waals surface area contributed by atoms with Crippen molar-refractivity contribution in [3.05, 3.63) is 64.8 Å². The molecule has 4 rings (SSSR count). The van der Waals surface area contributed by atoms with Gasteiger partial charge in [-0.05, 0) is 50.1 Å². The third-order valence-electron chi connectivity index (χ3n) is 5.93. The van der Waals surface area contributed by atoms with Crippen molar-refractivity contribution in [2.75, 3.05) is 44.0 Å². The van der Waals surface area contributed by atoms with Crippen LogP contribution in [-0.4, -0.2) is 68.4 Å². The number of sulfonamides is 1. The van der Waals surface area contributed by atoms with Crippen LogP contribution >= 0.6 is 11.6 Å². The van der Waals surface area contributed by atoms with Gasteiger partial charge in [0.1, 0.15) is 5.82 Å². The molecule has 0 aliphatic carbocycles. The number of aromatic nitrogens is 2. The van der Waals surface area contributed by atoms with Gasteiger partial charge < -0.3 is 15.1 Å². The summed E-state index contributed by atoms with van der Waals surface area (Å²) in [6, 6.07) is 14.0. The summed E-state index contributed by atoms with van der Waals surface area (Å²) in [5, 5.41) is 11.5. The number of nitrogens with one attached hydrogen (secondary N) is 1. The van der Waals surface area contributed by atoms with Gasteiger partial charge >= 0.3 is 0 Å². The van der Waals surface area contributed by atoms with Gasteiger partial charge in [-0.1, -0.05) is 35.0 Å². The topological polar surface area (TPSA) is 109 Å². The first-order valence-corrected chi connectivity index (χ1v) is 13.6. The molecule has 1 fully saturated rings. The fourth-order valence-corrected chi connectivity index (χ4v) is 5.10. The molecule has 1 amide bonds. The van der Waals surface area contributed by atoms with E-state index in [-0.39, 0.29) is 22.2 Å². The number of rotatable bonds is 9. The van der Waals surface area contributed by atoms with Crippen molar-refractivity contribution in [3.8, 4) is 5.69 Å². The quantitative estimate of drug-likeness (QED) is 0.325. The fraction of sp³-hybridized carbons (Fsp3) is 0.320. The summed E-state index contributed by atoms with van der Waals surface area (Å²) >= 11 is 6.15. The molecule has 1 aliphatic heterocycles. The van der Waals surface area contributed by atoms with Gasteiger partial charge in [-0.2, -0.15) is 5.10 Å². The summed E-state index contributed by atoms with van der Waals surface area (Å²) in [7, 11) is -0.830. The van der Waals surface area contributed by atoms with E-state index in [4.69, 9.17) is 21.5 Å². The molecule has 2 heterocycles. The molecule has 3 aromatic rings. The highest BCUT2D eigenvalue weighted by Crippen LogP contribution is 2.29. The molecule has 0 spiro atoms. The molecule has 0 unspecified atom stereocenters. The van der Waals surface area contributed by atoms with Crippen molar-refractivity contribution in [3.63, 3.8) is 0 Å². The average molecular weight is 545 g/mol. The van der Waals surface area contributed by atoms with Crippen LogP contribution in [0.4, 0.5) is 11.5 Å². The number of benzene rings is 2. The van der Waals surface area contributed by atoms with E-state index in [1.807, 2.05) is 41.9 Å². The lowest BCUT2D eigenvalue weighted by atomic mass is 10.2. The number of carbonyl (C=O) groups is 1. The Morgan fingerprint density at radius 3 is 2.57 bits per heavy atom. The molecule has 1 aromatic heterocycles. The Balaban J connectivity index is 1.47. The summed E-state index contributed by atoms with van der Waals surface area (Å²) in [4.78, 5) is 20.0. The van der Waals surface area contributed by atoms with E-state index in [9.17, 15) is 13.2 Å². The van der Waals surface area contributed by atoms with Gasteiger partial charge in [0, 0.05) is 27.2 Å². The Labute approximate surface area is 221 Å². The Kier molecular flexibility index (Phi) is 8.16. The van der Waals surface area contributed by atoms with Crippen LogP contribution in [0.5, 0.6) is 0 Å². The molecule has 1 saturated heterocycles. The predicted octanol–water partition coefficient (Wildman–Crippen LogP) is 3.67. The van der Waals surface area contributed by atoms with Crippen LogP contribution in [-0.2, 0) is 19.7 Å². The lowest BCUT2D eigenvalue weighted by molar-refractivity contribution is -0.120. The standard InChI is InChI=1S/C25H29ClN6O4S/c1-18-21(25(31-13-7-8-14-31)32(29-18)19-9-5-4-6-10-19)16-27-36-17-24(33)28-23-15-20(11-12-22(23)26)37(34,35)30(2)3/h4-6,9-12,15-16H,7-8,13-14,17H2,1-3H3,(H,28,33)/b27-16+. The van der Waals surface area contributed by atoms with Crippen LogP contribution in [0.25, 0.3) is 5.69 Å². The van der Waals surface area contributed by atoms with E-state index in [1.54, 1.807) is 6.21 Å². The Bertz CT molecular complexity index is 1400. The molecule has 196 valence electrons. The minimum absolute atomic E-state index is 0.0106. The highest BCUT2D eigenvalue weighted by Gasteiger charge is 2.24. The van der Waals surface area contributed by atoms with Gasteiger partial charge in [0.2, 0.25) is 10.0 Å². The predicted molar refractivity (Wildman–Crippen MR) is 144 cm³/mol. The monoisotopic (exact) mass is 544 g/mol. The maximum Gasteiger partial charge on any atom is 0.265 e. The number of carbonyl (C=O) groups excluding carboxylic acids is 1. The molecule has 2 aromatic carbocycles. The Hall–Kier alpha value is -3.41. The largest absolute Gasteiger partial charge is 0.386 e. The Morgan fingerprint density at radius 1 is 1.19 bits per heavy atom. The number of amides is 1. The first-order valence-electron chi connectivity index (χ1n) is 11.8. The number of para-hydroxylation sites is 1. The van der Waals surface area contributed by atoms with Crippen LogP contribution in [0.1, 0.15) is 24.1 Å². The van der Waals surface area contributed by atoms with Crippen molar-refractivity contribution in [2.24, 2.45) is 5.16 Å². The first kappa shape index (κ1) is 26.6. The molecule has 0 bridgehead atoms. The molecule has 10 nitrogen and oxygen atoms in total. The molecule has 0 radical (unpaired) electrons. The number of oxime groups is 1. The normalized spacial score (nSPS) is 14.0. The van der Waals surface area contributed by atoms with Crippen LogP contribution in [0, 0.1) is 6.92 Å². The minimum Gasteiger partial charge on any atom is -0.386 e. The summed E-state index contributed by atoms with van der Waals surface area (Å²) in [6.07, 6.45) is 3.78. The number of hydrogen-bond acceptors (Lipinski definition) is 7. The van der Waals surface area contributed by atoms with Gasteiger partial charge in [0.15, 0.2) is 6.61 Å². The highest BCUT2D eigenvalue weighted by atomic mass is 35.5. The van der Waals surface area contributed by atoms with Gasteiger partial charge in [-0.15, -0.1) is 0 Å². The van der Waals surface area contributed by atoms with E-state index in [0.717, 1.165) is 53.0 Å². The highest BCUT2D eigenvalue weighted by molar-refractivity contribution is 7.89. The van der Waals surface area contributed by atoms with E-state index in [1.165, 1.54) is 32.3 Å². The molecule has 1 aliphatic rings. The first-order chi connectivity index (χ1) is 17.7. The number of nitrogens with zero attached hydrogens (tertiary/aromatic N) is 5. The summed E-state index contributed by atoms with van der Waals surface area (Å²) in [6.45, 7) is 3.36. The van der Waals surface area contributed by atoms with Gasteiger partial charge in [0.25, 0.3) is 5.91 Å². The van der Waals surface area contributed by atoms with E-state index >= 15 is 0 Å². The van der Waals surface area contributed by atoms with Gasteiger partial charge in [-0.3, -0.25) is 4.79 Å². The van der Waals surface area contributed by atoms with Crippen molar-refractivity contribution in [2.45, 2.75) is 24.7 Å². The molecule has 1 N–H and O–H groups in total. The van der Waals surface area contributed by atoms with E-state index < -0.39 is 15.9 Å². The second-order valence-electron chi connectivity index (χ2n) is 8.75. The summed E-state index contributed by atoms with van der Waals surface area (Å²) < 4.78 is 27.8. The molecule has 37 heavy (non-hydrogen) atoms. The third kappa shape index (κ3) is 5.95. The number of halogens is 1. The summed E-state index contributed by atoms with van der Waals surface area (Å²) in [5.74, 6) is 0.401. The molecule has 0 saturated carbocycles. The van der Waals surface area contributed by atoms with E-state index in [2.05, 4.69) is 15.4 Å². The average Bonchev–Trinajstić information content (AvgIpc) is 3.51. The zero-order valence-corrected chi connectivity index (χ0v) is 22.5. The summed E-state index contributed by atoms with van der Waals surface area (Å²) in [5.41, 5.74) is 2.71. The number of hydrogen-bond donors (Lipinski definition) is 1. The van der Waals surface area contributed by atoms with Crippen molar-refractivity contribution in [1.29, 1.82) is 0 Å². The zero-order chi connectivity index (χ0) is 26.6. The van der Waals surface area contributed by atoms with E-state index in [0.29, 0.717) is 0 Å². The number of anilines is 2. The molecule has 12 heteroatoms. The molecular formula is C25H29ClN6O4S. The smallest absolute Gasteiger partial charge is 0.265 e. The third-order valence-corrected chi connectivity index (χ3v) is 8.07. The van der Waals surface area contributed by atoms with Gasteiger partial charge in [-0.25, -0.2) is 17.4 Å². The van der Waals surface area contributed by atoms with Crippen molar-refractivity contribution < 1.29 is 18.0 Å². The maximum absolute atomic E-state index is 12.4. The zero-order valence-electron chi connectivity index (χ0n) is 20.9. The van der Waals surface area contributed by atoms with Crippen LogP contribution in [0.15, 0.2) is 58.6 Å². The number of aryl methyl sites for hydroxylation is 1. The van der Waals surface area contributed by atoms with Crippen molar-refractivity contribution in [1.82, 2.24) is 14.1 Å². The van der Waals surface area contributed by atoms with Crippen LogP contribution < -0.4 is 10.2 Å². The fourth-order valence-electron chi connectivity index (χ4n) is 4.00. The Morgan fingerprint density at radius 2 is 1.89 bits per heavy atom. The lowest BCUT2D eigenvalue weighted by Crippen LogP contribution is -2.23. The maximum atomic E-state index is 12.4. The van der Waals surface area contributed by atoms with Crippen molar-refractivity contribution >= 4 is 45.3 Å². The minimum atomic E-state index is -3.68.